The van der Waals surface area contributed by atoms with Crippen molar-refractivity contribution in [2.45, 2.75) is 52.1 Å². The predicted molar refractivity (Wildman–Crippen MR) is 87.1 cm³/mol. The first-order valence-electron chi connectivity index (χ1n) is 8.28. The first kappa shape index (κ1) is 16.0. The lowest BCUT2D eigenvalue weighted by Gasteiger charge is -2.34. The van der Waals surface area contributed by atoms with Crippen LogP contribution in [0.2, 0.25) is 0 Å². The molecule has 1 fully saturated rings. The normalized spacial score (nSPS) is 20.0. The quantitative estimate of drug-likeness (QED) is 0.800. The number of rotatable bonds is 6. The monoisotopic (exact) mass is 288 g/mol. The Hall–Kier alpha value is -1.35. The number of likely N-dealkylation sites (tertiary alicyclic amines) is 1. The summed E-state index contributed by atoms with van der Waals surface area (Å²) in [6.07, 6.45) is 3.33. The molecular formula is C18H28N2O. The van der Waals surface area contributed by atoms with Crippen molar-refractivity contribution < 1.29 is 4.79 Å². The molecule has 1 heterocycles. The lowest BCUT2D eigenvalue weighted by molar-refractivity contribution is -0.137. The van der Waals surface area contributed by atoms with Crippen molar-refractivity contribution in [1.82, 2.24) is 9.80 Å². The largest absolute Gasteiger partial charge is 0.338 e. The van der Waals surface area contributed by atoms with Gasteiger partial charge < -0.3 is 4.90 Å². The minimum absolute atomic E-state index is 0.128. The summed E-state index contributed by atoms with van der Waals surface area (Å²) in [6.45, 7) is 9.27. The Labute approximate surface area is 128 Å². The zero-order valence-electron chi connectivity index (χ0n) is 13.6. The van der Waals surface area contributed by atoms with Gasteiger partial charge in [-0.1, -0.05) is 44.2 Å². The maximum Gasteiger partial charge on any atom is 0.244 e. The van der Waals surface area contributed by atoms with Crippen LogP contribution in [-0.2, 0) is 4.79 Å². The van der Waals surface area contributed by atoms with Crippen molar-refractivity contribution in [2.24, 2.45) is 0 Å². The second-order valence-corrected chi connectivity index (χ2v) is 5.96. The van der Waals surface area contributed by atoms with Crippen molar-refractivity contribution in [2.75, 3.05) is 19.6 Å². The molecule has 1 saturated heterocycles. The highest BCUT2D eigenvalue weighted by molar-refractivity contribution is 5.83. The Morgan fingerprint density at radius 2 is 2.05 bits per heavy atom. The van der Waals surface area contributed by atoms with Crippen molar-refractivity contribution >= 4 is 5.91 Å². The van der Waals surface area contributed by atoms with Crippen LogP contribution in [0.1, 0.15) is 51.6 Å². The molecule has 3 nitrogen and oxygen atoms in total. The van der Waals surface area contributed by atoms with E-state index in [1.165, 1.54) is 0 Å². The van der Waals surface area contributed by atoms with E-state index >= 15 is 0 Å². The first-order valence-corrected chi connectivity index (χ1v) is 8.28. The van der Waals surface area contributed by atoms with Gasteiger partial charge in [0, 0.05) is 12.6 Å². The van der Waals surface area contributed by atoms with E-state index in [1.54, 1.807) is 0 Å². The van der Waals surface area contributed by atoms with Crippen LogP contribution in [0, 0.1) is 0 Å². The zero-order valence-corrected chi connectivity index (χ0v) is 13.6. The molecule has 21 heavy (non-hydrogen) atoms. The van der Waals surface area contributed by atoms with Crippen molar-refractivity contribution in [3.8, 4) is 0 Å². The molecule has 0 spiro atoms. The summed E-state index contributed by atoms with van der Waals surface area (Å²) in [5.74, 6) is 0.279. The third kappa shape index (κ3) is 3.65. The van der Waals surface area contributed by atoms with Gasteiger partial charge >= 0.3 is 0 Å². The van der Waals surface area contributed by atoms with E-state index in [0.29, 0.717) is 6.04 Å². The number of carbonyl (C=O) groups excluding carboxylic acids is 1. The van der Waals surface area contributed by atoms with E-state index in [-0.39, 0.29) is 11.9 Å². The van der Waals surface area contributed by atoms with Gasteiger partial charge in [-0.25, -0.2) is 0 Å². The van der Waals surface area contributed by atoms with Gasteiger partial charge in [0.25, 0.3) is 0 Å². The second-order valence-electron chi connectivity index (χ2n) is 5.96. The highest BCUT2D eigenvalue weighted by atomic mass is 16.2. The summed E-state index contributed by atoms with van der Waals surface area (Å²) in [4.78, 5) is 17.5. The fraction of sp³-hybridized carbons (Fsp3) is 0.611. The first-order chi connectivity index (χ1) is 10.2. The van der Waals surface area contributed by atoms with Gasteiger partial charge in [-0.3, -0.25) is 9.69 Å². The van der Waals surface area contributed by atoms with Crippen molar-refractivity contribution in [1.29, 1.82) is 0 Å². The van der Waals surface area contributed by atoms with Crippen LogP contribution in [-0.4, -0.2) is 41.4 Å². The van der Waals surface area contributed by atoms with Crippen LogP contribution in [0.5, 0.6) is 0 Å². The summed E-state index contributed by atoms with van der Waals surface area (Å²) in [5, 5.41) is 0. The van der Waals surface area contributed by atoms with Crippen LogP contribution < -0.4 is 0 Å². The molecule has 1 aromatic rings. The van der Waals surface area contributed by atoms with Gasteiger partial charge in [0.15, 0.2) is 0 Å². The van der Waals surface area contributed by atoms with Gasteiger partial charge in [0.05, 0.1) is 0 Å². The van der Waals surface area contributed by atoms with Crippen LogP contribution in [0.15, 0.2) is 30.3 Å². The van der Waals surface area contributed by atoms with Crippen LogP contribution in [0.4, 0.5) is 0 Å². The summed E-state index contributed by atoms with van der Waals surface area (Å²) >= 11 is 0. The number of likely N-dealkylation sites (N-methyl/N-ethyl adjacent to an activating group) is 1. The molecule has 1 unspecified atom stereocenters. The van der Waals surface area contributed by atoms with Gasteiger partial charge in [-0.05, 0) is 44.8 Å². The van der Waals surface area contributed by atoms with Crippen molar-refractivity contribution in [3.63, 3.8) is 0 Å². The van der Waals surface area contributed by atoms with Crippen LogP contribution in [0.25, 0.3) is 0 Å². The Kier molecular flexibility index (Phi) is 5.80. The van der Waals surface area contributed by atoms with E-state index < -0.39 is 0 Å². The fourth-order valence-electron chi connectivity index (χ4n) is 3.32. The predicted octanol–water partition coefficient (Wildman–Crippen LogP) is 3.47. The second kappa shape index (κ2) is 7.60. The average molecular weight is 288 g/mol. The summed E-state index contributed by atoms with van der Waals surface area (Å²) in [6, 6.07) is 10.5. The number of benzene rings is 1. The molecule has 0 bridgehead atoms. The number of carbonyl (C=O) groups is 1. The zero-order chi connectivity index (χ0) is 15.2. The maximum absolute atomic E-state index is 13.1. The Morgan fingerprint density at radius 3 is 2.57 bits per heavy atom. The molecule has 116 valence electrons. The van der Waals surface area contributed by atoms with Gasteiger partial charge in [0.1, 0.15) is 6.04 Å². The Balaban J connectivity index is 2.28. The van der Waals surface area contributed by atoms with Gasteiger partial charge in [-0.2, -0.15) is 0 Å². The highest BCUT2D eigenvalue weighted by Gasteiger charge is 2.34. The van der Waals surface area contributed by atoms with Crippen LogP contribution in [0.3, 0.4) is 0 Å². The number of hydrogen-bond acceptors (Lipinski definition) is 2. The molecule has 1 aliphatic rings. The lowest BCUT2D eigenvalue weighted by Crippen LogP contribution is -2.44. The maximum atomic E-state index is 13.1. The average Bonchev–Trinajstić information content (AvgIpc) is 2.93. The SMILES string of the molecule is CCCN(CC)C(C(=O)N1CCC[C@@H]1C)c1ccccc1. The molecule has 2 atom stereocenters. The highest BCUT2D eigenvalue weighted by Crippen LogP contribution is 2.27. The van der Waals surface area contributed by atoms with Gasteiger partial charge in [-0.15, -0.1) is 0 Å². The molecule has 0 saturated carbocycles. The number of amides is 1. The topological polar surface area (TPSA) is 23.6 Å². The summed E-state index contributed by atoms with van der Waals surface area (Å²) in [7, 11) is 0. The Bertz CT molecular complexity index is 446. The third-order valence-corrected chi connectivity index (χ3v) is 4.47. The standard InChI is InChI=1S/C18H28N2O/c1-4-13-19(5-2)17(16-11-7-6-8-12-16)18(21)20-14-9-10-15(20)3/h6-8,11-12,15,17H,4-5,9-10,13-14H2,1-3H3/t15-,17?/m0/s1. The molecule has 2 rings (SSSR count). The third-order valence-electron chi connectivity index (χ3n) is 4.47. The summed E-state index contributed by atoms with van der Waals surface area (Å²) < 4.78 is 0. The Morgan fingerprint density at radius 1 is 1.33 bits per heavy atom. The smallest absolute Gasteiger partial charge is 0.244 e. The summed E-state index contributed by atoms with van der Waals surface area (Å²) in [5.41, 5.74) is 1.12. The molecular weight excluding hydrogens is 260 g/mol. The molecule has 1 aromatic carbocycles. The van der Waals surface area contributed by atoms with E-state index in [1.807, 2.05) is 18.2 Å². The van der Waals surface area contributed by atoms with Crippen molar-refractivity contribution in [3.05, 3.63) is 35.9 Å². The molecule has 0 N–H and O–H groups in total. The van der Waals surface area contributed by atoms with E-state index in [2.05, 4.69) is 42.7 Å². The molecule has 0 radical (unpaired) electrons. The molecule has 0 aromatic heterocycles. The van der Waals surface area contributed by atoms with E-state index in [0.717, 1.165) is 44.5 Å². The fourth-order valence-corrected chi connectivity index (χ4v) is 3.32. The molecule has 0 aliphatic carbocycles. The minimum atomic E-state index is -0.128. The van der Waals surface area contributed by atoms with Crippen LogP contribution >= 0.6 is 0 Å². The van der Waals surface area contributed by atoms with E-state index in [9.17, 15) is 4.79 Å². The minimum Gasteiger partial charge on any atom is -0.338 e. The van der Waals surface area contributed by atoms with E-state index in [4.69, 9.17) is 0 Å². The molecule has 1 amide bonds. The molecule has 3 heteroatoms. The lowest BCUT2D eigenvalue weighted by atomic mass is 10.0. The molecule has 1 aliphatic heterocycles. The number of nitrogens with zero attached hydrogens (tertiary/aromatic N) is 2. The van der Waals surface area contributed by atoms with Gasteiger partial charge in [0.2, 0.25) is 5.91 Å². The number of hydrogen-bond donors (Lipinski definition) is 0.